The molecule has 2 atom stereocenters. The fourth-order valence-electron chi connectivity index (χ4n) is 0.693. The minimum Gasteiger partial charge on any atom is -0.393 e. The first-order valence-electron chi connectivity index (χ1n) is 2.67. The Labute approximate surface area is 47.7 Å². The molecule has 0 radical (unpaired) electrons. The zero-order chi connectivity index (χ0) is 6.15. The van der Waals surface area contributed by atoms with Crippen molar-refractivity contribution in [3.63, 3.8) is 0 Å². The van der Waals surface area contributed by atoms with E-state index in [4.69, 9.17) is 5.11 Å². The van der Waals surface area contributed by atoms with Gasteiger partial charge < -0.3 is 10.4 Å². The zero-order valence-corrected chi connectivity index (χ0v) is 4.72. The number of aliphatic hydroxyl groups is 1. The molecule has 0 aromatic rings. The smallest absolute Gasteiger partial charge is 0.227 e. The zero-order valence-electron chi connectivity index (χ0n) is 4.72. The lowest BCUT2D eigenvalue weighted by atomic mass is 9.97. The van der Waals surface area contributed by atoms with Crippen molar-refractivity contribution in [2.75, 3.05) is 6.54 Å². The number of amides is 1. The maximum Gasteiger partial charge on any atom is 0.227 e. The predicted molar refractivity (Wildman–Crippen MR) is 28.2 cm³/mol. The van der Waals surface area contributed by atoms with Crippen LogP contribution in [0.3, 0.4) is 0 Å². The predicted octanol–water partition coefficient (Wildman–Crippen LogP) is -0.887. The molecule has 0 aliphatic carbocycles. The van der Waals surface area contributed by atoms with E-state index in [9.17, 15) is 4.79 Å². The van der Waals surface area contributed by atoms with E-state index in [0.717, 1.165) is 0 Å². The standard InChI is InChI=1S/C5H9NO2/c1-3(7)4-2-6-5(4)8/h3-4,7H,2H2,1H3,(H,6,8)/t3?,4-/m1/s1. The summed E-state index contributed by atoms with van der Waals surface area (Å²) in [4.78, 5) is 10.4. The summed E-state index contributed by atoms with van der Waals surface area (Å²) in [5, 5.41) is 11.3. The van der Waals surface area contributed by atoms with E-state index in [0.29, 0.717) is 6.54 Å². The third-order valence-electron chi connectivity index (χ3n) is 1.42. The first-order chi connectivity index (χ1) is 3.72. The van der Waals surface area contributed by atoms with E-state index < -0.39 is 6.10 Å². The lowest BCUT2D eigenvalue weighted by Gasteiger charge is -2.27. The van der Waals surface area contributed by atoms with E-state index in [2.05, 4.69) is 5.32 Å². The number of carbonyl (C=O) groups excluding carboxylic acids is 1. The SMILES string of the molecule is CC(O)[C@H]1CNC1=O. The van der Waals surface area contributed by atoms with Crippen LogP contribution in [0, 0.1) is 5.92 Å². The van der Waals surface area contributed by atoms with Crippen LogP contribution in [0.4, 0.5) is 0 Å². The Morgan fingerprint density at radius 1 is 2.00 bits per heavy atom. The summed E-state index contributed by atoms with van der Waals surface area (Å²) in [5.74, 6) is -0.171. The first kappa shape index (κ1) is 5.56. The van der Waals surface area contributed by atoms with Gasteiger partial charge in [0.1, 0.15) is 0 Å². The molecule has 1 rings (SSSR count). The van der Waals surface area contributed by atoms with Crippen molar-refractivity contribution in [1.29, 1.82) is 0 Å². The topological polar surface area (TPSA) is 49.3 Å². The molecule has 1 unspecified atom stereocenters. The van der Waals surface area contributed by atoms with Gasteiger partial charge in [0.05, 0.1) is 12.0 Å². The van der Waals surface area contributed by atoms with Gasteiger partial charge in [0.2, 0.25) is 5.91 Å². The summed E-state index contributed by atoms with van der Waals surface area (Å²) in [6.07, 6.45) is -0.483. The van der Waals surface area contributed by atoms with Crippen LogP contribution in [0.25, 0.3) is 0 Å². The molecule has 0 aromatic heterocycles. The molecular formula is C5H9NO2. The Kier molecular flexibility index (Phi) is 1.21. The van der Waals surface area contributed by atoms with Crippen molar-refractivity contribution in [2.24, 2.45) is 5.92 Å². The van der Waals surface area contributed by atoms with Crippen LogP contribution < -0.4 is 5.32 Å². The number of hydrogen-bond donors (Lipinski definition) is 2. The van der Waals surface area contributed by atoms with E-state index in [-0.39, 0.29) is 11.8 Å². The Bertz CT molecular complexity index is 111. The van der Waals surface area contributed by atoms with Crippen molar-refractivity contribution >= 4 is 5.91 Å². The van der Waals surface area contributed by atoms with Crippen molar-refractivity contribution in [2.45, 2.75) is 13.0 Å². The lowest BCUT2D eigenvalue weighted by molar-refractivity contribution is -0.135. The maximum atomic E-state index is 10.4. The molecular weight excluding hydrogens is 106 g/mol. The highest BCUT2D eigenvalue weighted by atomic mass is 16.3. The van der Waals surface area contributed by atoms with E-state index in [1.54, 1.807) is 6.92 Å². The summed E-state index contributed by atoms with van der Waals surface area (Å²) in [6, 6.07) is 0. The summed E-state index contributed by atoms with van der Waals surface area (Å²) >= 11 is 0. The second-order valence-corrected chi connectivity index (χ2v) is 2.09. The molecule has 0 saturated carbocycles. The Morgan fingerprint density at radius 3 is 2.62 bits per heavy atom. The summed E-state index contributed by atoms with van der Waals surface area (Å²) < 4.78 is 0. The Hall–Kier alpha value is -0.570. The number of nitrogens with one attached hydrogen (secondary N) is 1. The van der Waals surface area contributed by atoms with Gasteiger partial charge in [-0.1, -0.05) is 0 Å². The van der Waals surface area contributed by atoms with E-state index >= 15 is 0 Å². The van der Waals surface area contributed by atoms with Crippen LogP contribution in [-0.2, 0) is 4.79 Å². The first-order valence-corrected chi connectivity index (χ1v) is 2.67. The van der Waals surface area contributed by atoms with Gasteiger partial charge in [0.25, 0.3) is 0 Å². The second-order valence-electron chi connectivity index (χ2n) is 2.09. The van der Waals surface area contributed by atoms with Crippen LogP contribution in [0.1, 0.15) is 6.92 Å². The minimum atomic E-state index is -0.483. The monoisotopic (exact) mass is 115 g/mol. The number of rotatable bonds is 1. The Balaban J connectivity index is 2.37. The van der Waals surface area contributed by atoms with Crippen LogP contribution in [0.15, 0.2) is 0 Å². The highest BCUT2D eigenvalue weighted by Crippen LogP contribution is 2.09. The number of aliphatic hydroxyl groups excluding tert-OH is 1. The molecule has 0 bridgehead atoms. The van der Waals surface area contributed by atoms with Crippen LogP contribution >= 0.6 is 0 Å². The second kappa shape index (κ2) is 1.74. The summed E-state index contributed by atoms with van der Waals surface area (Å²) in [7, 11) is 0. The molecule has 0 spiro atoms. The van der Waals surface area contributed by atoms with E-state index in [1.165, 1.54) is 0 Å². The van der Waals surface area contributed by atoms with Gasteiger partial charge in [-0.25, -0.2) is 0 Å². The fourth-order valence-corrected chi connectivity index (χ4v) is 0.693. The molecule has 0 aromatic carbocycles. The normalized spacial score (nSPS) is 30.8. The van der Waals surface area contributed by atoms with Crippen molar-refractivity contribution in [1.82, 2.24) is 5.32 Å². The molecule has 1 heterocycles. The molecule has 1 saturated heterocycles. The van der Waals surface area contributed by atoms with Gasteiger partial charge >= 0.3 is 0 Å². The minimum absolute atomic E-state index is 0.0278. The largest absolute Gasteiger partial charge is 0.393 e. The van der Waals surface area contributed by atoms with Gasteiger partial charge in [-0.15, -0.1) is 0 Å². The maximum absolute atomic E-state index is 10.4. The molecule has 3 nitrogen and oxygen atoms in total. The van der Waals surface area contributed by atoms with Gasteiger partial charge in [-0.05, 0) is 6.92 Å². The molecule has 1 fully saturated rings. The average Bonchev–Trinajstić information content (AvgIpc) is 1.61. The van der Waals surface area contributed by atoms with Crippen LogP contribution in [0.2, 0.25) is 0 Å². The van der Waals surface area contributed by atoms with Gasteiger partial charge in [0.15, 0.2) is 0 Å². The third-order valence-corrected chi connectivity index (χ3v) is 1.42. The molecule has 1 amide bonds. The molecule has 8 heavy (non-hydrogen) atoms. The van der Waals surface area contributed by atoms with Gasteiger partial charge in [-0.2, -0.15) is 0 Å². The average molecular weight is 115 g/mol. The highest BCUT2D eigenvalue weighted by molar-refractivity contribution is 5.84. The lowest BCUT2D eigenvalue weighted by Crippen LogP contribution is -2.53. The number of carbonyl (C=O) groups is 1. The Morgan fingerprint density at radius 2 is 2.62 bits per heavy atom. The highest BCUT2D eigenvalue weighted by Gasteiger charge is 2.31. The molecule has 46 valence electrons. The summed E-state index contributed by atoms with van der Waals surface area (Å²) in [6.45, 7) is 2.26. The fraction of sp³-hybridized carbons (Fsp3) is 0.800. The third kappa shape index (κ3) is 0.690. The van der Waals surface area contributed by atoms with E-state index in [1.807, 2.05) is 0 Å². The number of β-lactam (4-membered cyclic amide) rings is 1. The van der Waals surface area contributed by atoms with Gasteiger partial charge in [-0.3, -0.25) is 4.79 Å². The molecule has 3 heteroatoms. The van der Waals surface area contributed by atoms with Crippen molar-refractivity contribution in [3.05, 3.63) is 0 Å². The van der Waals surface area contributed by atoms with Gasteiger partial charge in [0, 0.05) is 6.54 Å². The van der Waals surface area contributed by atoms with Crippen molar-refractivity contribution in [3.8, 4) is 0 Å². The molecule has 2 N–H and O–H groups in total. The van der Waals surface area contributed by atoms with Crippen molar-refractivity contribution < 1.29 is 9.90 Å². The van der Waals surface area contributed by atoms with Crippen LogP contribution in [0.5, 0.6) is 0 Å². The van der Waals surface area contributed by atoms with Crippen LogP contribution in [-0.4, -0.2) is 23.7 Å². The summed E-state index contributed by atoms with van der Waals surface area (Å²) in [5.41, 5.74) is 0. The molecule has 1 aliphatic heterocycles. The molecule has 1 aliphatic rings. The quantitative estimate of drug-likeness (QED) is 0.436. The number of hydrogen-bond acceptors (Lipinski definition) is 2.